The number of carbonyl (C=O) groups excluding carboxylic acids is 4. The molecule has 1 N–H and O–H groups in total. The van der Waals surface area contributed by atoms with Crippen LogP contribution in [0.5, 0.6) is 0 Å². The average molecular weight is 366 g/mol. The van der Waals surface area contributed by atoms with Gasteiger partial charge in [0.1, 0.15) is 6.04 Å². The molecule has 0 bridgehead atoms. The number of nitrogens with zero attached hydrogens (tertiary/aromatic N) is 1. The number of amides is 2. The number of benzene rings is 2. The number of hydrogen-bond donors (Lipinski definition) is 1. The van der Waals surface area contributed by atoms with E-state index in [0.29, 0.717) is 16.9 Å². The van der Waals surface area contributed by atoms with E-state index in [9.17, 15) is 19.2 Å². The van der Waals surface area contributed by atoms with E-state index in [2.05, 4.69) is 10.1 Å². The molecule has 0 saturated carbocycles. The Kier molecular flexibility index (Phi) is 4.77. The number of esters is 1. The van der Waals surface area contributed by atoms with Gasteiger partial charge in [0, 0.05) is 5.69 Å². The zero-order valence-corrected chi connectivity index (χ0v) is 15.1. The van der Waals surface area contributed by atoms with Gasteiger partial charge in [0.05, 0.1) is 23.9 Å². The summed E-state index contributed by atoms with van der Waals surface area (Å²) in [6.07, 6.45) is 0. The molecule has 2 aromatic rings. The number of hydrogen-bond acceptors (Lipinski definition) is 5. The molecule has 2 aromatic carbocycles. The summed E-state index contributed by atoms with van der Waals surface area (Å²) in [4.78, 5) is 50.1. The van der Waals surface area contributed by atoms with Gasteiger partial charge in [-0.25, -0.2) is 4.79 Å². The summed E-state index contributed by atoms with van der Waals surface area (Å²) in [6, 6.07) is 10.4. The van der Waals surface area contributed by atoms with E-state index in [1.165, 1.54) is 18.1 Å². The molecule has 7 heteroatoms. The Morgan fingerprint density at radius 3 is 2.56 bits per heavy atom. The SMILES string of the molecule is COC(=O)c1cccc(NC(=O)C(C)N2C(=O)C(=O)c3cc(C)ccc32)c1. The maximum absolute atomic E-state index is 12.6. The third kappa shape index (κ3) is 3.31. The first kappa shape index (κ1) is 18.3. The molecule has 3 rings (SSSR count). The second kappa shape index (κ2) is 7.03. The Morgan fingerprint density at radius 1 is 1.11 bits per heavy atom. The Hall–Kier alpha value is -3.48. The minimum absolute atomic E-state index is 0.288. The van der Waals surface area contributed by atoms with Crippen LogP contribution < -0.4 is 10.2 Å². The number of ether oxygens (including phenoxy) is 1. The summed E-state index contributed by atoms with van der Waals surface area (Å²) in [5.41, 5.74) is 2.25. The highest BCUT2D eigenvalue weighted by Gasteiger charge is 2.40. The molecule has 0 radical (unpaired) electrons. The molecular weight excluding hydrogens is 348 g/mol. The van der Waals surface area contributed by atoms with Crippen LogP contribution in [0.3, 0.4) is 0 Å². The largest absolute Gasteiger partial charge is 0.465 e. The quantitative estimate of drug-likeness (QED) is 0.662. The fourth-order valence-corrected chi connectivity index (χ4v) is 2.97. The van der Waals surface area contributed by atoms with Crippen LogP contribution in [-0.4, -0.2) is 36.7 Å². The molecule has 138 valence electrons. The second-order valence-electron chi connectivity index (χ2n) is 6.26. The number of Topliss-reactive ketones (excluding diaryl/α,β-unsaturated/α-hetero) is 1. The molecule has 1 heterocycles. The van der Waals surface area contributed by atoms with Crippen LogP contribution in [-0.2, 0) is 14.3 Å². The van der Waals surface area contributed by atoms with Crippen molar-refractivity contribution in [3.8, 4) is 0 Å². The van der Waals surface area contributed by atoms with Crippen molar-refractivity contribution in [2.24, 2.45) is 0 Å². The number of anilines is 2. The maximum atomic E-state index is 12.6. The molecular formula is C20H18N2O5. The highest BCUT2D eigenvalue weighted by molar-refractivity contribution is 6.53. The van der Waals surface area contributed by atoms with Crippen molar-refractivity contribution >= 4 is 34.9 Å². The van der Waals surface area contributed by atoms with Crippen molar-refractivity contribution in [1.82, 2.24) is 0 Å². The van der Waals surface area contributed by atoms with Crippen LogP contribution >= 0.6 is 0 Å². The first-order chi connectivity index (χ1) is 12.8. The highest BCUT2D eigenvalue weighted by atomic mass is 16.5. The average Bonchev–Trinajstić information content (AvgIpc) is 2.91. The normalized spacial score (nSPS) is 14.0. The molecule has 0 aliphatic carbocycles. The fraction of sp³-hybridized carbons (Fsp3) is 0.200. The molecule has 0 saturated heterocycles. The number of nitrogens with one attached hydrogen (secondary N) is 1. The smallest absolute Gasteiger partial charge is 0.337 e. The molecule has 27 heavy (non-hydrogen) atoms. The van der Waals surface area contributed by atoms with Gasteiger partial charge in [-0.3, -0.25) is 19.3 Å². The standard InChI is InChI=1S/C20H18N2O5/c1-11-7-8-16-15(9-11)17(23)19(25)22(16)12(2)18(24)21-14-6-4-5-13(10-14)20(26)27-3/h4-10,12H,1-3H3,(H,21,24). The summed E-state index contributed by atoms with van der Waals surface area (Å²) in [5.74, 6) is -2.36. The van der Waals surface area contributed by atoms with E-state index in [1.807, 2.05) is 6.92 Å². The van der Waals surface area contributed by atoms with Gasteiger partial charge in [-0.05, 0) is 44.2 Å². The summed E-state index contributed by atoms with van der Waals surface area (Å²) < 4.78 is 4.66. The zero-order valence-electron chi connectivity index (χ0n) is 15.1. The number of aryl methyl sites for hydroxylation is 1. The lowest BCUT2D eigenvalue weighted by Crippen LogP contribution is -2.45. The monoisotopic (exact) mass is 366 g/mol. The number of ketones is 1. The van der Waals surface area contributed by atoms with E-state index in [4.69, 9.17) is 0 Å². The van der Waals surface area contributed by atoms with Gasteiger partial charge in [0.2, 0.25) is 5.91 Å². The van der Waals surface area contributed by atoms with Gasteiger partial charge in [0.25, 0.3) is 11.7 Å². The molecule has 1 aliphatic rings. The van der Waals surface area contributed by atoms with Gasteiger partial charge in [-0.15, -0.1) is 0 Å². The van der Waals surface area contributed by atoms with Gasteiger partial charge < -0.3 is 10.1 Å². The van der Waals surface area contributed by atoms with Crippen molar-refractivity contribution in [3.05, 3.63) is 59.2 Å². The van der Waals surface area contributed by atoms with E-state index in [1.54, 1.807) is 43.3 Å². The van der Waals surface area contributed by atoms with E-state index < -0.39 is 29.6 Å². The molecule has 0 spiro atoms. The second-order valence-corrected chi connectivity index (χ2v) is 6.26. The highest BCUT2D eigenvalue weighted by Crippen LogP contribution is 2.31. The number of rotatable bonds is 4. The summed E-state index contributed by atoms with van der Waals surface area (Å²) >= 11 is 0. The Balaban J connectivity index is 1.84. The predicted molar refractivity (Wildman–Crippen MR) is 98.9 cm³/mol. The maximum Gasteiger partial charge on any atom is 0.337 e. The Bertz CT molecular complexity index is 967. The lowest BCUT2D eigenvalue weighted by molar-refractivity contribution is -0.120. The van der Waals surface area contributed by atoms with Crippen molar-refractivity contribution in [3.63, 3.8) is 0 Å². The Labute approximate surface area is 155 Å². The van der Waals surface area contributed by atoms with Crippen molar-refractivity contribution in [1.29, 1.82) is 0 Å². The molecule has 1 unspecified atom stereocenters. The minimum atomic E-state index is -0.910. The lowest BCUT2D eigenvalue weighted by atomic mass is 10.1. The van der Waals surface area contributed by atoms with Crippen LogP contribution in [0, 0.1) is 6.92 Å². The van der Waals surface area contributed by atoms with Crippen LogP contribution in [0.15, 0.2) is 42.5 Å². The van der Waals surface area contributed by atoms with Gasteiger partial charge >= 0.3 is 5.97 Å². The van der Waals surface area contributed by atoms with Crippen LogP contribution in [0.25, 0.3) is 0 Å². The Morgan fingerprint density at radius 2 is 1.85 bits per heavy atom. The van der Waals surface area contributed by atoms with Gasteiger partial charge in [-0.1, -0.05) is 17.7 Å². The topological polar surface area (TPSA) is 92.8 Å². The van der Waals surface area contributed by atoms with E-state index in [-0.39, 0.29) is 5.56 Å². The first-order valence-corrected chi connectivity index (χ1v) is 8.31. The lowest BCUT2D eigenvalue weighted by Gasteiger charge is -2.24. The number of methoxy groups -OCH3 is 1. The van der Waals surface area contributed by atoms with Crippen LogP contribution in [0.4, 0.5) is 11.4 Å². The third-order valence-electron chi connectivity index (χ3n) is 4.39. The van der Waals surface area contributed by atoms with Crippen molar-refractivity contribution < 1.29 is 23.9 Å². The minimum Gasteiger partial charge on any atom is -0.465 e. The summed E-state index contributed by atoms with van der Waals surface area (Å²) in [7, 11) is 1.27. The first-order valence-electron chi connectivity index (χ1n) is 8.31. The van der Waals surface area contributed by atoms with E-state index in [0.717, 1.165) is 5.56 Å². The van der Waals surface area contributed by atoms with Crippen LogP contribution in [0.1, 0.15) is 33.2 Å². The summed E-state index contributed by atoms with van der Waals surface area (Å²) in [5, 5.41) is 2.66. The number of carbonyl (C=O) groups is 4. The summed E-state index contributed by atoms with van der Waals surface area (Å²) in [6.45, 7) is 3.37. The number of fused-ring (bicyclic) bond motifs is 1. The fourth-order valence-electron chi connectivity index (χ4n) is 2.97. The molecule has 7 nitrogen and oxygen atoms in total. The van der Waals surface area contributed by atoms with E-state index >= 15 is 0 Å². The third-order valence-corrected chi connectivity index (χ3v) is 4.39. The molecule has 1 atom stereocenters. The van der Waals surface area contributed by atoms with Crippen molar-refractivity contribution in [2.75, 3.05) is 17.3 Å². The zero-order chi connectivity index (χ0) is 19.7. The molecule has 1 aliphatic heterocycles. The molecule has 2 amide bonds. The van der Waals surface area contributed by atoms with Gasteiger partial charge in [0.15, 0.2) is 0 Å². The molecule has 0 fully saturated rings. The molecule has 0 aromatic heterocycles. The van der Waals surface area contributed by atoms with Crippen LogP contribution in [0.2, 0.25) is 0 Å². The van der Waals surface area contributed by atoms with Crippen molar-refractivity contribution in [2.45, 2.75) is 19.9 Å². The van der Waals surface area contributed by atoms with Gasteiger partial charge in [-0.2, -0.15) is 0 Å². The predicted octanol–water partition coefficient (Wildman–Crippen LogP) is 2.34.